The van der Waals surface area contributed by atoms with Crippen LogP contribution in [0, 0.1) is 0 Å². The standard InChI is InChI=1S/C13H13BrO/c14-10-3-4-11-9(7-10)8-12(15)13(11)5-1-2-6-13/h3-4,7H,1-2,5-6,8H2. The molecule has 1 nitrogen and oxygen atoms in total. The van der Waals surface area contributed by atoms with Gasteiger partial charge in [0.25, 0.3) is 0 Å². The van der Waals surface area contributed by atoms with Gasteiger partial charge in [0, 0.05) is 10.9 Å². The average Bonchev–Trinajstić information content (AvgIpc) is 2.76. The number of carbonyl (C=O) groups is 1. The first-order chi connectivity index (χ1) is 7.22. The molecule has 1 aromatic rings. The topological polar surface area (TPSA) is 17.1 Å². The van der Waals surface area contributed by atoms with E-state index in [-0.39, 0.29) is 5.41 Å². The molecule has 1 saturated carbocycles. The number of hydrogen-bond donors (Lipinski definition) is 0. The lowest BCUT2D eigenvalue weighted by Crippen LogP contribution is -2.28. The zero-order chi connectivity index (χ0) is 10.5. The number of rotatable bonds is 0. The molecule has 0 bridgehead atoms. The summed E-state index contributed by atoms with van der Waals surface area (Å²) in [6.45, 7) is 0. The van der Waals surface area contributed by atoms with E-state index in [4.69, 9.17) is 0 Å². The fraction of sp³-hybridized carbons (Fsp3) is 0.462. The van der Waals surface area contributed by atoms with Crippen molar-refractivity contribution in [3.63, 3.8) is 0 Å². The maximum atomic E-state index is 12.2. The number of Topliss-reactive ketones (excluding diaryl/α,β-unsaturated/α-hetero) is 1. The Balaban J connectivity index is 2.17. The highest BCUT2D eigenvalue weighted by Crippen LogP contribution is 2.48. The van der Waals surface area contributed by atoms with Crippen LogP contribution in [0.15, 0.2) is 22.7 Å². The van der Waals surface area contributed by atoms with E-state index in [2.05, 4.69) is 34.1 Å². The molecule has 2 aliphatic carbocycles. The van der Waals surface area contributed by atoms with E-state index in [1.165, 1.54) is 24.0 Å². The lowest BCUT2D eigenvalue weighted by atomic mass is 9.79. The molecule has 0 saturated heterocycles. The lowest BCUT2D eigenvalue weighted by Gasteiger charge is -2.22. The minimum Gasteiger partial charge on any atom is -0.298 e. The van der Waals surface area contributed by atoms with Crippen molar-refractivity contribution >= 4 is 21.7 Å². The van der Waals surface area contributed by atoms with Gasteiger partial charge in [0.05, 0.1) is 5.41 Å². The lowest BCUT2D eigenvalue weighted by molar-refractivity contribution is -0.122. The van der Waals surface area contributed by atoms with E-state index in [9.17, 15) is 4.79 Å². The van der Waals surface area contributed by atoms with Crippen LogP contribution in [0.3, 0.4) is 0 Å². The van der Waals surface area contributed by atoms with Crippen LogP contribution in [-0.4, -0.2) is 5.78 Å². The Labute approximate surface area is 98.0 Å². The van der Waals surface area contributed by atoms with Gasteiger partial charge in [-0.2, -0.15) is 0 Å². The van der Waals surface area contributed by atoms with Crippen molar-refractivity contribution in [3.8, 4) is 0 Å². The molecule has 78 valence electrons. The summed E-state index contributed by atoms with van der Waals surface area (Å²) in [5.74, 6) is 0.452. The van der Waals surface area contributed by atoms with Gasteiger partial charge in [0.15, 0.2) is 0 Å². The van der Waals surface area contributed by atoms with Crippen molar-refractivity contribution in [1.29, 1.82) is 0 Å². The van der Waals surface area contributed by atoms with Gasteiger partial charge in [-0.15, -0.1) is 0 Å². The second-order valence-electron chi connectivity index (χ2n) is 4.69. The Hall–Kier alpha value is -0.630. The summed E-state index contributed by atoms with van der Waals surface area (Å²) >= 11 is 3.47. The zero-order valence-corrected chi connectivity index (χ0v) is 10.1. The van der Waals surface area contributed by atoms with Crippen LogP contribution in [0.1, 0.15) is 36.8 Å². The molecule has 2 heteroatoms. The third-order valence-corrected chi connectivity index (χ3v) is 4.42. The molecule has 0 heterocycles. The fourth-order valence-electron chi connectivity index (χ4n) is 3.19. The van der Waals surface area contributed by atoms with Crippen LogP contribution in [0.4, 0.5) is 0 Å². The number of ketones is 1. The minimum absolute atomic E-state index is 0.0873. The molecule has 0 aromatic heterocycles. The highest BCUT2D eigenvalue weighted by molar-refractivity contribution is 9.10. The summed E-state index contributed by atoms with van der Waals surface area (Å²) in [6, 6.07) is 6.33. The first-order valence-electron chi connectivity index (χ1n) is 5.55. The molecule has 15 heavy (non-hydrogen) atoms. The van der Waals surface area contributed by atoms with Gasteiger partial charge in [-0.25, -0.2) is 0 Å². The highest BCUT2D eigenvalue weighted by Gasteiger charge is 2.47. The number of benzene rings is 1. The van der Waals surface area contributed by atoms with E-state index in [1.54, 1.807) is 0 Å². The minimum atomic E-state index is -0.0873. The van der Waals surface area contributed by atoms with Gasteiger partial charge in [0.1, 0.15) is 5.78 Å². The van der Waals surface area contributed by atoms with Crippen molar-refractivity contribution < 1.29 is 4.79 Å². The maximum absolute atomic E-state index is 12.2. The SMILES string of the molecule is O=C1Cc2cc(Br)ccc2C12CCCC2. The zero-order valence-electron chi connectivity index (χ0n) is 8.55. The van der Waals surface area contributed by atoms with Crippen LogP contribution in [0.2, 0.25) is 0 Å². The second-order valence-corrected chi connectivity index (χ2v) is 5.61. The largest absolute Gasteiger partial charge is 0.298 e. The molecule has 1 spiro atoms. The monoisotopic (exact) mass is 264 g/mol. The smallest absolute Gasteiger partial charge is 0.147 e. The van der Waals surface area contributed by atoms with Crippen LogP contribution in [-0.2, 0) is 16.6 Å². The van der Waals surface area contributed by atoms with Crippen LogP contribution < -0.4 is 0 Å². The molecular formula is C13H13BrO. The molecule has 0 atom stereocenters. The summed E-state index contributed by atoms with van der Waals surface area (Å²) in [5.41, 5.74) is 2.47. The summed E-state index contributed by atoms with van der Waals surface area (Å²) in [7, 11) is 0. The van der Waals surface area contributed by atoms with E-state index >= 15 is 0 Å². The molecule has 0 radical (unpaired) electrons. The maximum Gasteiger partial charge on any atom is 0.147 e. The molecule has 3 rings (SSSR count). The van der Waals surface area contributed by atoms with Gasteiger partial charge in [0.2, 0.25) is 0 Å². The molecule has 2 aliphatic rings. The third-order valence-electron chi connectivity index (χ3n) is 3.92. The summed E-state index contributed by atoms with van der Waals surface area (Å²) in [6.07, 6.45) is 5.21. The van der Waals surface area contributed by atoms with Crippen LogP contribution in [0.5, 0.6) is 0 Å². The Morgan fingerprint density at radius 3 is 2.67 bits per heavy atom. The Morgan fingerprint density at radius 2 is 1.93 bits per heavy atom. The van der Waals surface area contributed by atoms with Crippen molar-refractivity contribution in [2.45, 2.75) is 37.5 Å². The predicted molar refractivity (Wildman–Crippen MR) is 63.0 cm³/mol. The molecular weight excluding hydrogens is 252 g/mol. The van der Waals surface area contributed by atoms with Crippen molar-refractivity contribution in [1.82, 2.24) is 0 Å². The fourth-order valence-corrected chi connectivity index (χ4v) is 3.60. The first-order valence-corrected chi connectivity index (χ1v) is 6.34. The van der Waals surface area contributed by atoms with Gasteiger partial charge in [-0.3, -0.25) is 4.79 Å². The first kappa shape index (κ1) is 9.59. The quantitative estimate of drug-likeness (QED) is 0.702. The Bertz CT molecular complexity index is 430. The third kappa shape index (κ3) is 1.24. The van der Waals surface area contributed by atoms with E-state index in [0.717, 1.165) is 17.3 Å². The molecule has 0 aliphatic heterocycles. The molecule has 0 N–H and O–H groups in total. The van der Waals surface area contributed by atoms with Gasteiger partial charge in [-0.1, -0.05) is 34.8 Å². The van der Waals surface area contributed by atoms with Gasteiger partial charge >= 0.3 is 0 Å². The summed E-state index contributed by atoms with van der Waals surface area (Å²) < 4.78 is 1.09. The molecule has 1 aromatic carbocycles. The Kier molecular flexibility index (Phi) is 2.03. The molecule has 1 fully saturated rings. The normalized spacial score (nSPS) is 22.3. The summed E-state index contributed by atoms with van der Waals surface area (Å²) in [5, 5.41) is 0. The van der Waals surface area contributed by atoms with Crippen molar-refractivity contribution in [2.75, 3.05) is 0 Å². The van der Waals surface area contributed by atoms with E-state index in [0.29, 0.717) is 12.2 Å². The average molecular weight is 265 g/mol. The number of halogens is 1. The number of fused-ring (bicyclic) bond motifs is 2. The van der Waals surface area contributed by atoms with Crippen molar-refractivity contribution in [3.05, 3.63) is 33.8 Å². The van der Waals surface area contributed by atoms with E-state index in [1.807, 2.05) is 0 Å². The van der Waals surface area contributed by atoms with E-state index < -0.39 is 0 Å². The van der Waals surface area contributed by atoms with Crippen LogP contribution >= 0.6 is 15.9 Å². The number of hydrogen-bond acceptors (Lipinski definition) is 1. The van der Waals surface area contributed by atoms with Gasteiger partial charge in [-0.05, 0) is 36.1 Å². The van der Waals surface area contributed by atoms with Crippen LogP contribution in [0.25, 0.3) is 0 Å². The number of carbonyl (C=O) groups excluding carboxylic acids is 1. The second kappa shape index (κ2) is 3.18. The predicted octanol–water partition coefficient (Wildman–Crippen LogP) is 3.39. The highest BCUT2D eigenvalue weighted by atomic mass is 79.9. The van der Waals surface area contributed by atoms with Crippen molar-refractivity contribution in [2.24, 2.45) is 0 Å². The molecule has 0 unspecified atom stereocenters. The Morgan fingerprint density at radius 1 is 1.20 bits per heavy atom. The molecule has 0 amide bonds. The van der Waals surface area contributed by atoms with Gasteiger partial charge < -0.3 is 0 Å². The summed E-state index contributed by atoms with van der Waals surface area (Å²) in [4.78, 5) is 12.2.